The number of nitrogens with two attached hydrogens (primary N) is 1. The lowest BCUT2D eigenvalue weighted by Crippen LogP contribution is -2.45. The maximum Gasteiger partial charge on any atom is 0.154 e. The minimum absolute atomic E-state index is 0.268. The van der Waals surface area contributed by atoms with Gasteiger partial charge in [0.15, 0.2) is 9.84 Å². The van der Waals surface area contributed by atoms with Crippen molar-refractivity contribution in [3.63, 3.8) is 0 Å². The van der Waals surface area contributed by atoms with E-state index in [0.29, 0.717) is 18.8 Å². The fraction of sp³-hybridized carbons (Fsp3) is 0.846. The van der Waals surface area contributed by atoms with Crippen LogP contribution in [0.1, 0.15) is 38.9 Å². The topological polar surface area (TPSA) is 90.9 Å². The third kappa shape index (κ3) is 3.58. The summed E-state index contributed by atoms with van der Waals surface area (Å²) in [6.07, 6.45) is 4.35. The van der Waals surface area contributed by atoms with Crippen LogP contribution in [0.2, 0.25) is 0 Å². The fourth-order valence-electron chi connectivity index (χ4n) is 2.75. The second-order valence-corrected chi connectivity index (χ2v) is 8.36. The Kier molecular flexibility index (Phi) is 4.80. The fourth-order valence-corrected chi connectivity index (χ4v) is 4.81. The summed E-state index contributed by atoms with van der Waals surface area (Å²) in [7, 11) is -3.04. The Morgan fingerprint density at radius 2 is 2.20 bits per heavy atom. The van der Waals surface area contributed by atoms with Crippen molar-refractivity contribution >= 4 is 9.84 Å². The lowest BCUT2D eigenvalue weighted by molar-refractivity contribution is 0.445. The summed E-state index contributed by atoms with van der Waals surface area (Å²) in [6.45, 7) is 4.99. The van der Waals surface area contributed by atoms with Gasteiger partial charge in [0, 0.05) is 19.0 Å². The van der Waals surface area contributed by atoms with E-state index < -0.39 is 21.1 Å². The van der Waals surface area contributed by atoms with Gasteiger partial charge in [0.2, 0.25) is 0 Å². The molecule has 2 heterocycles. The Morgan fingerprint density at radius 1 is 1.45 bits per heavy atom. The second-order valence-electron chi connectivity index (χ2n) is 6.02. The van der Waals surface area contributed by atoms with Crippen molar-refractivity contribution in [2.75, 3.05) is 5.75 Å². The molecule has 20 heavy (non-hydrogen) atoms. The van der Waals surface area contributed by atoms with Gasteiger partial charge in [-0.2, -0.15) is 5.10 Å². The maximum atomic E-state index is 12.1. The molecule has 7 heteroatoms. The Labute approximate surface area is 120 Å². The molecule has 1 aliphatic heterocycles. The summed E-state index contributed by atoms with van der Waals surface area (Å²) < 4.78 is 26.0. The van der Waals surface area contributed by atoms with Gasteiger partial charge in [0.1, 0.15) is 12.2 Å². The smallest absolute Gasteiger partial charge is 0.154 e. The first-order valence-electron chi connectivity index (χ1n) is 7.24. The van der Waals surface area contributed by atoms with E-state index in [1.165, 1.54) is 6.33 Å². The molecular weight excluding hydrogens is 276 g/mol. The van der Waals surface area contributed by atoms with Crippen LogP contribution in [0.25, 0.3) is 0 Å². The van der Waals surface area contributed by atoms with E-state index in [1.54, 1.807) is 0 Å². The van der Waals surface area contributed by atoms with Crippen molar-refractivity contribution in [1.29, 1.82) is 0 Å². The molecule has 1 saturated heterocycles. The summed E-state index contributed by atoms with van der Waals surface area (Å²) in [5.74, 6) is 1.52. The zero-order chi connectivity index (χ0) is 14.8. The number of hydrogen-bond acceptors (Lipinski definition) is 5. The van der Waals surface area contributed by atoms with Gasteiger partial charge in [-0.25, -0.2) is 18.1 Å². The van der Waals surface area contributed by atoms with Gasteiger partial charge in [-0.15, -0.1) is 0 Å². The van der Waals surface area contributed by atoms with Crippen LogP contribution in [-0.2, 0) is 22.8 Å². The molecule has 114 valence electrons. The Balaban J connectivity index is 2.08. The average molecular weight is 300 g/mol. The largest absolute Gasteiger partial charge is 0.326 e. The van der Waals surface area contributed by atoms with Gasteiger partial charge in [0.25, 0.3) is 0 Å². The first kappa shape index (κ1) is 15.4. The highest BCUT2D eigenvalue weighted by Gasteiger charge is 2.34. The van der Waals surface area contributed by atoms with Crippen molar-refractivity contribution in [3.8, 4) is 0 Å². The molecule has 0 bridgehead atoms. The molecule has 0 aliphatic carbocycles. The standard InChI is InChI=1S/C13H24N4O2S/c1-10(2)8-17-13(15-9-16-17)7-11(14)12-5-3-4-6-20(12,18)19/h9-12H,3-8,14H2,1-2H3. The lowest BCUT2D eigenvalue weighted by Gasteiger charge is -2.27. The molecule has 2 atom stereocenters. The molecule has 0 aromatic carbocycles. The highest BCUT2D eigenvalue weighted by Crippen LogP contribution is 2.23. The molecule has 1 fully saturated rings. The second kappa shape index (κ2) is 6.22. The van der Waals surface area contributed by atoms with Gasteiger partial charge < -0.3 is 5.73 Å². The van der Waals surface area contributed by atoms with Gasteiger partial charge in [0.05, 0.1) is 11.0 Å². The van der Waals surface area contributed by atoms with Crippen LogP contribution >= 0.6 is 0 Å². The van der Waals surface area contributed by atoms with Crippen LogP contribution in [0, 0.1) is 5.92 Å². The highest BCUT2D eigenvalue weighted by atomic mass is 32.2. The lowest BCUT2D eigenvalue weighted by atomic mass is 10.0. The van der Waals surface area contributed by atoms with Crippen molar-refractivity contribution in [1.82, 2.24) is 14.8 Å². The van der Waals surface area contributed by atoms with Crippen LogP contribution in [0.4, 0.5) is 0 Å². The van der Waals surface area contributed by atoms with Crippen LogP contribution in [0.3, 0.4) is 0 Å². The summed E-state index contributed by atoms with van der Waals surface area (Å²) in [5, 5.41) is 3.76. The van der Waals surface area contributed by atoms with Crippen molar-refractivity contribution in [2.24, 2.45) is 11.7 Å². The van der Waals surface area contributed by atoms with Gasteiger partial charge >= 0.3 is 0 Å². The number of nitrogens with zero attached hydrogens (tertiary/aromatic N) is 3. The molecule has 2 rings (SSSR count). The molecule has 0 spiro atoms. The monoisotopic (exact) mass is 300 g/mol. The Hall–Kier alpha value is -0.950. The van der Waals surface area contributed by atoms with Crippen LogP contribution in [-0.4, -0.2) is 40.2 Å². The van der Waals surface area contributed by atoms with E-state index in [2.05, 4.69) is 23.9 Å². The number of rotatable bonds is 5. The first-order chi connectivity index (χ1) is 9.40. The summed E-state index contributed by atoms with van der Waals surface area (Å²) in [4.78, 5) is 4.23. The minimum Gasteiger partial charge on any atom is -0.326 e. The average Bonchev–Trinajstić information content (AvgIpc) is 2.75. The molecule has 1 aromatic heterocycles. The van der Waals surface area contributed by atoms with Gasteiger partial charge in [-0.05, 0) is 18.8 Å². The van der Waals surface area contributed by atoms with Gasteiger partial charge in [-0.1, -0.05) is 20.3 Å². The number of hydrogen-bond donors (Lipinski definition) is 1. The molecular formula is C13H24N4O2S. The van der Waals surface area contributed by atoms with E-state index >= 15 is 0 Å². The molecule has 6 nitrogen and oxygen atoms in total. The van der Waals surface area contributed by atoms with Crippen molar-refractivity contribution < 1.29 is 8.42 Å². The highest BCUT2D eigenvalue weighted by molar-refractivity contribution is 7.92. The predicted octanol–water partition coefficient (Wildman–Crippen LogP) is 0.771. The summed E-state index contributed by atoms with van der Waals surface area (Å²) in [6, 6.07) is -0.393. The minimum atomic E-state index is -3.04. The quantitative estimate of drug-likeness (QED) is 0.867. The molecule has 1 aromatic rings. The summed E-state index contributed by atoms with van der Waals surface area (Å²) in [5.41, 5.74) is 6.15. The molecule has 1 aliphatic rings. The van der Waals surface area contributed by atoms with Crippen LogP contribution < -0.4 is 5.73 Å². The Bertz CT molecular complexity index is 538. The molecule has 2 N–H and O–H groups in total. The molecule has 0 radical (unpaired) electrons. The van der Waals surface area contributed by atoms with Crippen LogP contribution in [0.5, 0.6) is 0 Å². The number of sulfone groups is 1. The zero-order valence-electron chi connectivity index (χ0n) is 12.2. The third-order valence-electron chi connectivity index (χ3n) is 3.76. The number of aromatic nitrogens is 3. The SMILES string of the molecule is CC(C)Cn1ncnc1CC(N)C1CCCCS1(=O)=O. The predicted molar refractivity (Wildman–Crippen MR) is 78.0 cm³/mol. The van der Waals surface area contributed by atoms with Gasteiger partial charge in [-0.3, -0.25) is 0 Å². The van der Waals surface area contributed by atoms with E-state index in [0.717, 1.165) is 25.2 Å². The first-order valence-corrected chi connectivity index (χ1v) is 8.95. The van der Waals surface area contributed by atoms with Crippen molar-refractivity contribution in [3.05, 3.63) is 12.2 Å². The van der Waals surface area contributed by atoms with E-state index in [1.807, 2.05) is 4.68 Å². The molecule has 2 unspecified atom stereocenters. The van der Waals surface area contributed by atoms with E-state index in [4.69, 9.17) is 5.73 Å². The zero-order valence-corrected chi connectivity index (χ0v) is 13.0. The van der Waals surface area contributed by atoms with E-state index in [9.17, 15) is 8.42 Å². The molecule has 0 saturated carbocycles. The Morgan fingerprint density at radius 3 is 2.85 bits per heavy atom. The third-order valence-corrected chi connectivity index (χ3v) is 6.12. The maximum absolute atomic E-state index is 12.1. The van der Waals surface area contributed by atoms with E-state index in [-0.39, 0.29) is 5.75 Å². The van der Waals surface area contributed by atoms with Crippen LogP contribution in [0.15, 0.2) is 6.33 Å². The van der Waals surface area contributed by atoms with Crippen molar-refractivity contribution in [2.45, 2.75) is 57.4 Å². The summed E-state index contributed by atoms with van der Waals surface area (Å²) >= 11 is 0. The normalized spacial score (nSPS) is 23.9. The molecule has 0 amide bonds.